The van der Waals surface area contributed by atoms with E-state index < -0.39 is 17.5 Å². The van der Waals surface area contributed by atoms with Crippen molar-refractivity contribution < 1.29 is 27.5 Å². The zero-order chi connectivity index (χ0) is 24.2. The lowest BCUT2D eigenvalue weighted by molar-refractivity contribution is -0.111. The molecule has 0 unspecified atom stereocenters. The van der Waals surface area contributed by atoms with Gasteiger partial charge in [0.15, 0.2) is 0 Å². The monoisotopic (exact) mass is 463 g/mol. The molecule has 3 aromatic carbocycles. The second-order valence-corrected chi connectivity index (χ2v) is 7.60. The van der Waals surface area contributed by atoms with Gasteiger partial charge in [0.1, 0.15) is 28.7 Å². The molecule has 0 bridgehead atoms. The molecule has 1 heterocycles. The SMILES string of the molecule is CCOc1cc2occ(-c3ccc(OC)cc3)c2cc1/C(C)=C/C(=O)Nc1ccc(F)cc1F. The van der Waals surface area contributed by atoms with Crippen molar-refractivity contribution in [1.82, 2.24) is 0 Å². The second-order valence-electron chi connectivity index (χ2n) is 7.60. The van der Waals surface area contributed by atoms with E-state index in [1.54, 1.807) is 26.4 Å². The molecular formula is C27H23F2NO4. The number of allylic oxidation sites excluding steroid dienone is 1. The summed E-state index contributed by atoms with van der Waals surface area (Å²) in [7, 11) is 1.61. The molecule has 174 valence electrons. The van der Waals surface area contributed by atoms with Crippen molar-refractivity contribution in [3.05, 3.63) is 84.1 Å². The Balaban J connectivity index is 1.71. The number of furan rings is 1. The molecule has 0 fully saturated rings. The summed E-state index contributed by atoms with van der Waals surface area (Å²) in [6.45, 7) is 4.05. The molecule has 0 radical (unpaired) electrons. The van der Waals surface area contributed by atoms with Crippen molar-refractivity contribution in [2.45, 2.75) is 13.8 Å². The zero-order valence-corrected chi connectivity index (χ0v) is 18.9. The molecule has 1 amide bonds. The number of ether oxygens (including phenoxy) is 2. The van der Waals surface area contributed by atoms with Crippen molar-refractivity contribution in [2.24, 2.45) is 0 Å². The zero-order valence-electron chi connectivity index (χ0n) is 18.9. The third-order valence-electron chi connectivity index (χ3n) is 5.34. The highest BCUT2D eigenvalue weighted by Crippen LogP contribution is 2.38. The molecule has 0 saturated carbocycles. The van der Waals surface area contributed by atoms with Crippen LogP contribution in [0.2, 0.25) is 0 Å². The van der Waals surface area contributed by atoms with Crippen LogP contribution in [-0.4, -0.2) is 19.6 Å². The number of methoxy groups -OCH3 is 1. The Bertz CT molecular complexity index is 1370. The van der Waals surface area contributed by atoms with Gasteiger partial charge in [0, 0.05) is 34.7 Å². The van der Waals surface area contributed by atoms with Gasteiger partial charge in [-0.2, -0.15) is 0 Å². The minimum atomic E-state index is -0.849. The number of amides is 1. The Morgan fingerprint density at radius 1 is 1.09 bits per heavy atom. The maximum atomic E-state index is 13.9. The van der Waals surface area contributed by atoms with E-state index in [0.717, 1.165) is 28.3 Å². The summed E-state index contributed by atoms with van der Waals surface area (Å²) in [5, 5.41) is 3.29. The van der Waals surface area contributed by atoms with Crippen LogP contribution < -0.4 is 14.8 Å². The minimum absolute atomic E-state index is 0.104. The maximum absolute atomic E-state index is 13.9. The average molecular weight is 463 g/mol. The number of anilines is 1. The highest BCUT2D eigenvalue weighted by Gasteiger charge is 2.16. The number of carbonyl (C=O) groups is 1. The van der Waals surface area contributed by atoms with Crippen LogP contribution in [0.15, 0.2) is 71.4 Å². The van der Waals surface area contributed by atoms with Gasteiger partial charge in [-0.25, -0.2) is 8.78 Å². The van der Waals surface area contributed by atoms with E-state index in [-0.39, 0.29) is 5.69 Å². The molecule has 0 aliphatic heterocycles. The fraction of sp³-hybridized carbons (Fsp3) is 0.148. The van der Waals surface area contributed by atoms with Gasteiger partial charge in [-0.15, -0.1) is 0 Å². The lowest BCUT2D eigenvalue weighted by Gasteiger charge is -2.12. The molecule has 0 spiro atoms. The minimum Gasteiger partial charge on any atom is -0.497 e. The van der Waals surface area contributed by atoms with E-state index in [1.807, 2.05) is 37.3 Å². The average Bonchev–Trinajstić information content (AvgIpc) is 3.23. The largest absolute Gasteiger partial charge is 0.497 e. The van der Waals surface area contributed by atoms with Crippen LogP contribution >= 0.6 is 0 Å². The smallest absolute Gasteiger partial charge is 0.248 e. The van der Waals surface area contributed by atoms with Gasteiger partial charge in [-0.1, -0.05) is 12.1 Å². The van der Waals surface area contributed by atoms with E-state index in [4.69, 9.17) is 13.9 Å². The molecule has 7 heteroatoms. The predicted octanol–water partition coefficient (Wildman–Crippen LogP) is 6.83. The van der Waals surface area contributed by atoms with E-state index in [1.165, 1.54) is 12.1 Å². The number of nitrogens with one attached hydrogen (secondary N) is 1. The number of benzene rings is 3. The number of hydrogen-bond acceptors (Lipinski definition) is 4. The topological polar surface area (TPSA) is 60.7 Å². The third-order valence-corrected chi connectivity index (χ3v) is 5.34. The molecule has 34 heavy (non-hydrogen) atoms. The molecule has 0 aliphatic carbocycles. The summed E-state index contributed by atoms with van der Waals surface area (Å²) < 4.78 is 43.9. The second kappa shape index (κ2) is 9.79. The molecule has 4 aromatic rings. The van der Waals surface area contributed by atoms with E-state index in [9.17, 15) is 13.6 Å². The maximum Gasteiger partial charge on any atom is 0.248 e. The Morgan fingerprint density at radius 3 is 2.53 bits per heavy atom. The first-order valence-corrected chi connectivity index (χ1v) is 10.7. The summed E-state index contributed by atoms with van der Waals surface area (Å²) in [6, 6.07) is 14.3. The number of hydrogen-bond donors (Lipinski definition) is 1. The Morgan fingerprint density at radius 2 is 1.85 bits per heavy atom. The number of rotatable bonds is 7. The van der Waals surface area contributed by atoms with Crippen LogP contribution in [0.25, 0.3) is 27.7 Å². The van der Waals surface area contributed by atoms with Crippen molar-refractivity contribution in [1.29, 1.82) is 0 Å². The lowest BCUT2D eigenvalue weighted by atomic mass is 9.99. The van der Waals surface area contributed by atoms with Crippen LogP contribution in [0, 0.1) is 11.6 Å². The van der Waals surface area contributed by atoms with Gasteiger partial charge in [-0.3, -0.25) is 4.79 Å². The van der Waals surface area contributed by atoms with E-state index >= 15 is 0 Å². The van der Waals surface area contributed by atoms with Crippen LogP contribution in [0.3, 0.4) is 0 Å². The summed E-state index contributed by atoms with van der Waals surface area (Å²) in [5.74, 6) is -0.811. The quantitative estimate of drug-likeness (QED) is 0.305. The molecule has 0 atom stereocenters. The first kappa shape index (κ1) is 23.0. The summed E-state index contributed by atoms with van der Waals surface area (Å²) in [6.07, 6.45) is 3.02. The third kappa shape index (κ3) is 4.78. The van der Waals surface area contributed by atoms with E-state index in [2.05, 4.69) is 5.32 Å². The fourth-order valence-corrected chi connectivity index (χ4v) is 3.67. The molecule has 0 saturated heterocycles. The molecule has 1 N–H and O–H groups in total. The van der Waals surface area contributed by atoms with E-state index in [0.29, 0.717) is 35.1 Å². The van der Waals surface area contributed by atoms with Crippen LogP contribution in [0.4, 0.5) is 14.5 Å². The highest BCUT2D eigenvalue weighted by atomic mass is 19.1. The summed E-state index contributed by atoms with van der Waals surface area (Å²) in [4.78, 5) is 12.5. The van der Waals surface area contributed by atoms with Crippen molar-refractivity contribution in [2.75, 3.05) is 19.0 Å². The fourth-order valence-electron chi connectivity index (χ4n) is 3.67. The van der Waals surface area contributed by atoms with Gasteiger partial charge in [-0.05, 0) is 55.3 Å². The predicted molar refractivity (Wildman–Crippen MR) is 128 cm³/mol. The standard InChI is InChI=1S/C27H23F2NO4/c1-4-33-25-14-26-21(22(15-34-26)17-5-8-19(32-3)9-6-17)13-20(25)16(2)11-27(31)30-24-10-7-18(28)12-23(24)29/h5-15H,4H2,1-3H3,(H,30,31)/b16-11+. The first-order valence-electron chi connectivity index (χ1n) is 10.7. The number of fused-ring (bicyclic) bond motifs is 1. The van der Waals surface area contributed by atoms with Crippen molar-refractivity contribution in [3.63, 3.8) is 0 Å². The van der Waals surface area contributed by atoms with Crippen LogP contribution in [0.5, 0.6) is 11.5 Å². The Kier molecular flexibility index (Phi) is 6.63. The van der Waals surface area contributed by atoms with Crippen molar-refractivity contribution in [3.8, 4) is 22.6 Å². The highest BCUT2D eigenvalue weighted by molar-refractivity contribution is 6.05. The van der Waals surface area contributed by atoms with Gasteiger partial charge >= 0.3 is 0 Å². The normalized spacial score (nSPS) is 11.5. The van der Waals surface area contributed by atoms with Crippen LogP contribution in [-0.2, 0) is 4.79 Å². The molecule has 4 rings (SSSR count). The summed E-state index contributed by atoms with van der Waals surface area (Å²) in [5.41, 5.74) is 3.66. The van der Waals surface area contributed by atoms with Gasteiger partial charge in [0.2, 0.25) is 5.91 Å². The summed E-state index contributed by atoms with van der Waals surface area (Å²) >= 11 is 0. The van der Waals surface area contributed by atoms with Crippen LogP contribution in [0.1, 0.15) is 19.4 Å². The van der Waals surface area contributed by atoms with Gasteiger partial charge in [0.05, 0.1) is 25.7 Å². The Hall–Kier alpha value is -4.13. The van der Waals surface area contributed by atoms with Gasteiger partial charge < -0.3 is 19.2 Å². The lowest BCUT2D eigenvalue weighted by Crippen LogP contribution is -2.10. The number of carbonyl (C=O) groups excluding carboxylic acids is 1. The molecule has 1 aromatic heterocycles. The number of halogens is 2. The molecular weight excluding hydrogens is 440 g/mol. The Labute approximate surface area is 195 Å². The first-order chi connectivity index (χ1) is 16.4. The molecule has 0 aliphatic rings. The van der Waals surface area contributed by atoms with Crippen molar-refractivity contribution >= 4 is 28.1 Å². The molecule has 5 nitrogen and oxygen atoms in total. The van der Waals surface area contributed by atoms with Gasteiger partial charge in [0.25, 0.3) is 0 Å².